The van der Waals surface area contributed by atoms with Gasteiger partial charge in [-0.2, -0.15) is 0 Å². The lowest BCUT2D eigenvalue weighted by Crippen LogP contribution is -2.74. The monoisotopic (exact) mass is 312 g/mol. The smallest absolute Gasteiger partial charge is 0.310 e. The third-order valence-electron chi connectivity index (χ3n) is 9.86. The van der Waals surface area contributed by atoms with Crippen molar-refractivity contribution < 1.29 is 14.3 Å². The fourth-order valence-corrected chi connectivity index (χ4v) is 9.57. The third kappa shape index (κ3) is 1.04. The zero-order valence-corrected chi connectivity index (χ0v) is 13.4. The summed E-state index contributed by atoms with van der Waals surface area (Å²) in [5, 5.41) is 0. The molecule has 3 heteroatoms. The number of rotatable bonds is 0. The standard InChI is InChI=1S/C20H24O3/c21-17-14-15-12-10-7-11-9-4-2-1-3-8(9)5-6-20(11,15)16(17)13(10)19(22)23-18(12)14/h8-16,18H,1-7H2. The Morgan fingerprint density at radius 1 is 1.00 bits per heavy atom. The summed E-state index contributed by atoms with van der Waals surface area (Å²) in [6, 6.07) is 0. The van der Waals surface area contributed by atoms with Crippen molar-refractivity contribution in [3.05, 3.63) is 0 Å². The van der Waals surface area contributed by atoms with Gasteiger partial charge in [-0.3, -0.25) is 9.59 Å². The fraction of sp³-hybridized carbons (Fsp3) is 0.900. The second-order valence-electron chi connectivity index (χ2n) is 9.80. The number of hydrogen-bond acceptors (Lipinski definition) is 3. The SMILES string of the molecule is O=C1OC2C3C(=O)C4C1C1CC5C6CCCCC6CCC54C3C12. The first kappa shape index (κ1) is 12.5. The Kier molecular flexibility index (Phi) is 1.93. The van der Waals surface area contributed by atoms with Gasteiger partial charge in [0, 0.05) is 11.8 Å². The van der Waals surface area contributed by atoms with Crippen molar-refractivity contribution >= 4 is 11.8 Å². The summed E-state index contributed by atoms with van der Waals surface area (Å²) in [5.41, 5.74) is 0.222. The van der Waals surface area contributed by atoms with Gasteiger partial charge in [-0.15, -0.1) is 0 Å². The van der Waals surface area contributed by atoms with Crippen molar-refractivity contribution in [2.75, 3.05) is 0 Å². The number of esters is 1. The van der Waals surface area contributed by atoms with Gasteiger partial charge in [-0.05, 0) is 60.7 Å². The molecule has 8 rings (SSSR count). The van der Waals surface area contributed by atoms with E-state index in [-0.39, 0.29) is 35.2 Å². The van der Waals surface area contributed by atoms with Crippen LogP contribution in [0.25, 0.3) is 0 Å². The second-order valence-corrected chi connectivity index (χ2v) is 9.80. The van der Waals surface area contributed by atoms with E-state index in [1.54, 1.807) is 0 Å². The molecule has 11 atom stereocenters. The van der Waals surface area contributed by atoms with Gasteiger partial charge in [0.2, 0.25) is 0 Å². The van der Waals surface area contributed by atoms with E-state index < -0.39 is 0 Å². The summed E-state index contributed by atoms with van der Waals surface area (Å²) >= 11 is 0. The van der Waals surface area contributed by atoms with Crippen molar-refractivity contribution in [1.29, 1.82) is 0 Å². The number of Topliss-reactive ketones (excluding diaryl/α,β-unsaturated/α-hetero) is 1. The first-order chi connectivity index (χ1) is 11.2. The zero-order chi connectivity index (χ0) is 15.1. The van der Waals surface area contributed by atoms with Crippen LogP contribution in [-0.2, 0) is 14.3 Å². The molecule has 0 aromatic rings. The van der Waals surface area contributed by atoms with Crippen molar-refractivity contribution in [2.45, 2.75) is 51.0 Å². The van der Waals surface area contributed by atoms with Crippen LogP contribution in [0.2, 0.25) is 0 Å². The molecule has 0 amide bonds. The fourth-order valence-electron chi connectivity index (χ4n) is 9.57. The molecule has 0 aromatic carbocycles. The van der Waals surface area contributed by atoms with Gasteiger partial charge in [0.1, 0.15) is 11.9 Å². The lowest BCUT2D eigenvalue weighted by molar-refractivity contribution is -0.299. The maximum Gasteiger partial charge on any atom is 0.310 e. The average molecular weight is 312 g/mol. The van der Waals surface area contributed by atoms with Crippen molar-refractivity contribution in [2.24, 2.45) is 58.7 Å². The van der Waals surface area contributed by atoms with Gasteiger partial charge in [-0.1, -0.05) is 19.3 Å². The van der Waals surface area contributed by atoms with E-state index in [2.05, 4.69) is 0 Å². The summed E-state index contributed by atoms with van der Waals surface area (Å²) in [6.45, 7) is 0. The van der Waals surface area contributed by atoms with E-state index in [1.165, 1.54) is 44.9 Å². The first-order valence-electron chi connectivity index (χ1n) is 9.97. The maximum absolute atomic E-state index is 13.2. The number of ketones is 1. The summed E-state index contributed by atoms with van der Waals surface area (Å²) in [4.78, 5) is 25.8. The highest BCUT2D eigenvalue weighted by Crippen LogP contribution is 2.82. The first-order valence-corrected chi connectivity index (χ1v) is 9.97. The van der Waals surface area contributed by atoms with Gasteiger partial charge >= 0.3 is 5.97 Å². The van der Waals surface area contributed by atoms with E-state index in [1.807, 2.05) is 0 Å². The number of carbonyl (C=O) groups is 2. The molecule has 1 spiro atoms. The maximum atomic E-state index is 13.2. The Morgan fingerprint density at radius 3 is 2.78 bits per heavy atom. The van der Waals surface area contributed by atoms with E-state index in [9.17, 15) is 9.59 Å². The number of fused-ring (bicyclic) bond motifs is 2. The van der Waals surface area contributed by atoms with Crippen LogP contribution in [0.5, 0.6) is 0 Å². The van der Waals surface area contributed by atoms with Crippen LogP contribution in [0, 0.1) is 58.7 Å². The van der Waals surface area contributed by atoms with Crippen molar-refractivity contribution in [3.8, 4) is 0 Å². The molecule has 6 bridgehead atoms. The van der Waals surface area contributed by atoms with Crippen molar-refractivity contribution in [1.82, 2.24) is 0 Å². The largest absolute Gasteiger partial charge is 0.461 e. The Morgan fingerprint density at radius 2 is 1.87 bits per heavy atom. The molecular weight excluding hydrogens is 288 g/mol. The molecule has 122 valence electrons. The number of ether oxygens (including phenoxy) is 1. The molecule has 23 heavy (non-hydrogen) atoms. The van der Waals surface area contributed by atoms with E-state index in [0.717, 1.165) is 17.8 Å². The van der Waals surface area contributed by atoms with Crippen LogP contribution >= 0.6 is 0 Å². The van der Waals surface area contributed by atoms with Crippen LogP contribution in [0.1, 0.15) is 44.9 Å². The normalized spacial score (nSPS) is 66.6. The van der Waals surface area contributed by atoms with E-state index in [0.29, 0.717) is 23.5 Å². The molecule has 7 saturated carbocycles. The number of hydrogen-bond donors (Lipinski definition) is 0. The Bertz CT molecular complexity index is 655. The predicted octanol–water partition coefficient (Wildman–Crippen LogP) is 2.83. The zero-order valence-electron chi connectivity index (χ0n) is 13.4. The lowest BCUT2D eigenvalue weighted by Gasteiger charge is -2.73. The molecule has 3 nitrogen and oxygen atoms in total. The van der Waals surface area contributed by atoms with Gasteiger partial charge in [-0.25, -0.2) is 0 Å². The van der Waals surface area contributed by atoms with E-state index in [4.69, 9.17) is 4.74 Å². The molecule has 11 unspecified atom stereocenters. The lowest BCUT2D eigenvalue weighted by atomic mass is 9.32. The summed E-state index contributed by atoms with van der Waals surface area (Å²) in [5.74, 6) is 4.76. The van der Waals surface area contributed by atoms with Gasteiger partial charge < -0.3 is 4.74 Å². The van der Waals surface area contributed by atoms with Crippen LogP contribution in [0.3, 0.4) is 0 Å². The van der Waals surface area contributed by atoms with Crippen molar-refractivity contribution in [3.63, 3.8) is 0 Å². The summed E-state index contributed by atoms with van der Waals surface area (Å²) < 4.78 is 5.72. The van der Waals surface area contributed by atoms with E-state index >= 15 is 0 Å². The highest BCUT2D eigenvalue weighted by Gasteiger charge is 2.86. The molecule has 8 fully saturated rings. The molecule has 0 radical (unpaired) electrons. The van der Waals surface area contributed by atoms with Crippen LogP contribution in [0.4, 0.5) is 0 Å². The third-order valence-corrected chi connectivity index (χ3v) is 9.86. The number of carbonyl (C=O) groups excluding carboxylic acids is 2. The summed E-state index contributed by atoms with van der Waals surface area (Å²) in [6.07, 6.45) is 9.43. The summed E-state index contributed by atoms with van der Waals surface area (Å²) in [7, 11) is 0. The van der Waals surface area contributed by atoms with Gasteiger partial charge in [0.25, 0.3) is 0 Å². The van der Waals surface area contributed by atoms with Crippen LogP contribution < -0.4 is 0 Å². The quantitative estimate of drug-likeness (QED) is 0.646. The minimum absolute atomic E-state index is 0.00107. The average Bonchev–Trinajstić information content (AvgIpc) is 2.61. The molecule has 7 aliphatic carbocycles. The molecule has 1 aliphatic heterocycles. The molecular formula is C20H24O3. The molecule has 0 N–H and O–H groups in total. The minimum Gasteiger partial charge on any atom is -0.461 e. The topological polar surface area (TPSA) is 43.4 Å². The predicted molar refractivity (Wildman–Crippen MR) is 81.0 cm³/mol. The second kappa shape index (κ2) is 3.55. The molecule has 0 aromatic heterocycles. The Labute approximate surface area is 136 Å². The van der Waals surface area contributed by atoms with Gasteiger partial charge in [0.05, 0.1) is 11.8 Å². The van der Waals surface area contributed by atoms with Crippen LogP contribution in [-0.4, -0.2) is 17.9 Å². The molecule has 1 saturated heterocycles. The Balaban J connectivity index is 1.43. The highest BCUT2D eigenvalue weighted by atomic mass is 16.5. The molecule has 8 aliphatic rings. The minimum atomic E-state index is -0.0520. The van der Waals surface area contributed by atoms with Gasteiger partial charge in [0.15, 0.2) is 0 Å². The highest BCUT2D eigenvalue weighted by molar-refractivity contribution is 5.97. The van der Waals surface area contributed by atoms with Crippen LogP contribution in [0.15, 0.2) is 0 Å². The Hall–Kier alpha value is -0.860. The molecule has 1 heterocycles.